The number of hydrogen-bond acceptors (Lipinski definition) is 4. The van der Waals surface area contributed by atoms with Gasteiger partial charge in [-0.1, -0.05) is 11.6 Å². The van der Waals surface area contributed by atoms with E-state index >= 15 is 0 Å². The first-order valence-corrected chi connectivity index (χ1v) is 7.91. The molecular formula is C14H18ClNO2S. The van der Waals surface area contributed by atoms with E-state index < -0.39 is 0 Å². The molecule has 0 aliphatic carbocycles. The molecule has 0 spiro atoms. The van der Waals surface area contributed by atoms with Gasteiger partial charge in [0, 0.05) is 10.7 Å². The van der Waals surface area contributed by atoms with Crippen LogP contribution in [0.25, 0.3) is 0 Å². The van der Waals surface area contributed by atoms with Crippen molar-refractivity contribution in [1.82, 2.24) is 0 Å². The van der Waals surface area contributed by atoms with Crippen LogP contribution in [0.2, 0.25) is 5.02 Å². The summed E-state index contributed by atoms with van der Waals surface area (Å²) in [5.74, 6) is 2.32. The third kappa shape index (κ3) is 4.05. The Bertz CT molecular complexity index is 418. The fraction of sp³-hybridized carbons (Fsp3) is 0.500. The van der Waals surface area contributed by atoms with Crippen LogP contribution in [0.1, 0.15) is 12.8 Å². The van der Waals surface area contributed by atoms with E-state index in [4.69, 9.17) is 16.3 Å². The molecule has 0 aromatic heterocycles. The molecule has 3 nitrogen and oxygen atoms in total. The number of rotatable bonds is 4. The van der Waals surface area contributed by atoms with Gasteiger partial charge in [-0.3, -0.25) is 0 Å². The zero-order valence-corrected chi connectivity index (χ0v) is 12.5. The maximum atomic E-state index is 12.0. The van der Waals surface area contributed by atoms with Gasteiger partial charge in [-0.25, -0.2) is 4.79 Å². The van der Waals surface area contributed by atoms with Crippen LogP contribution in [0, 0.1) is 5.92 Å². The van der Waals surface area contributed by atoms with Gasteiger partial charge in [-0.05, 0) is 54.5 Å². The molecule has 2 unspecified atom stereocenters. The maximum Gasteiger partial charge on any atom is 0.328 e. The van der Waals surface area contributed by atoms with Crippen molar-refractivity contribution in [2.75, 3.05) is 23.9 Å². The Hall–Kier alpha value is -0.870. The van der Waals surface area contributed by atoms with E-state index in [1.54, 1.807) is 0 Å². The molecule has 0 bridgehead atoms. The third-order valence-corrected chi connectivity index (χ3v) is 4.78. The molecule has 1 aliphatic heterocycles. The number of methoxy groups -OCH3 is 1. The average Bonchev–Trinajstić information content (AvgIpc) is 2.47. The zero-order chi connectivity index (χ0) is 13.7. The van der Waals surface area contributed by atoms with Crippen molar-refractivity contribution in [2.24, 2.45) is 5.92 Å². The Morgan fingerprint density at radius 1 is 1.47 bits per heavy atom. The van der Waals surface area contributed by atoms with E-state index in [0.717, 1.165) is 24.3 Å². The van der Waals surface area contributed by atoms with Gasteiger partial charge < -0.3 is 10.1 Å². The van der Waals surface area contributed by atoms with Gasteiger partial charge in [-0.2, -0.15) is 11.8 Å². The number of ether oxygens (including phenoxy) is 1. The quantitative estimate of drug-likeness (QED) is 0.865. The second-order valence-corrected chi connectivity index (χ2v) is 6.22. The molecule has 104 valence electrons. The molecule has 0 radical (unpaired) electrons. The molecule has 1 N–H and O–H groups in total. The fourth-order valence-corrected chi connectivity index (χ4v) is 3.58. The van der Waals surface area contributed by atoms with Crippen LogP contribution in [0.3, 0.4) is 0 Å². The van der Waals surface area contributed by atoms with E-state index in [1.165, 1.54) is 12.9 Å². The molecule has 1 saturated heterocycles. The monoisotopic (exact) mass is 299 g/mol. The van der Waals surface area contributed by atoms with Crippen molar-refractivity contribution in [3.8, 4) is 0 Å². The highest BCUT2D eigenvalue weighted by Gasteiger charge is 2.30. The van der Waals surface area contributed by atoms with Crippen LogP contribution < -0.4 is 5.32 Å². The molecule has 1 heterocycles. The summed E-state index contributed by atoms with van der Waals surface area (Å²) in [6.07, 6.45) is 2.22. The topological polar surface area (TPSA) is 38.3 Å². The Morgan fingerprint density at radius 2 is 2.21 bits per heavy atom. The van der Waals surface area contributed by atoms with Crippen molar-refractivity contribution < 1.29 is 9.53 Å². The Morgan fingerprint density at radius 3 is 2.79 bits per heavy atom. The number of carbonyl (C=O) groups is 1. The Balaban J connectivity index is 2.08. The minimum Gasteiger partial charge on any atom is -0.467 e. The van der Waals surface area contributed by atoms with E-state index in [0.29, 0.717) is 10.9 Å². The molecule has 5 heteroatoms. The second-order valence-electron chi connectivity index (χ2n) is 4.63. The lowest BCUT2D eigenvalue weighted by Crippen LogP contribution is -2.40. The molecule has 19 heavy (non-hydrogen) atoms. The first kappa shape index (κ1) is 14.5. The van der Waals surface area contributed by atoms with Crippen LogP contribution in [0.4, 0.5) is 5.69 Å². The highest BCUT2D eigenvalue weighted by Crippen LogP contribution is 2.28. The van der Waals surface area contributed by atoms with Gasteiger partial charge in [0.25, 0.3) is 0 Å². The average molecular weight is 300 g/mol. The van der Waals surface area contributed by atoms with Crippen LogP contribution in [-0.2, 0) is 9.53 Å². The van der Waals surface area contributed by atoms with Crippen LogP contribution in [-0.4, -0.2) is 30.6 Å². The highest BCUT2D eigenvalue weighted by molar-refractivity contribution is 7.99. The number of halogens is 1. The van der Waals surface area contributed by atoms with Gasteiger partial charge in [0.1, 0.15) is 6.04 Å². The first-order chi connectivity index (χ1) is 9.20. The van der Waals surface area contributed by atoms with Crippen molar-refractivity contribution in [1.29, 1.82) is 0 Å². The number of thioether (sulfide) groups is 1. The van der Waals surface area contributed by atoms with Crippen LogP contribution in [0.5, 0.6) is 0 Å². The summed E-state index contributed by atoms with van der Waals surface area (Å²) in [6.45, 7) is 0. The van der Waals surface area contributed by atoms with Gasteiger partial charge in [0.2, 0.25) is 0 Å². The zero-order valence-electron chi connectivity index (χ0n) is 10.9. The fourth-order valence-electron chi connectivity index (χ4n) is 2.25. The standard InChI is InChI=1S/C14H18ClNO2S/c1-18-14(17)13(10-3-2-8-19-9-10)16-12-6-4-11(15)5-7-12/h4-7,10,13,16H,2-3,8-9H2,1H3. The Labute approximate surface area is 123 Å². The molecule has 1 aliphatic rings. The van der Waals surface area contributed by atoms with Gasteiger partial charge in [0.15, 0.2) is 0 Å². The summed E-state index contributed by atoms with van der Waals surface area (Å²) >= 11 is 7.77. The number of benzene rings is 1. The molecule has 1 aromatic carbocycles. The normalized spacial score (nSPS) is 20.6. The summed E-state index contributed by atoms with van der Waals surface area (Å²) in [7, 11) is 1.44. The van der Waals surface area contributed by atoms with E-state index in [-0.39, 0.29) is 12.0 Å². The van der Waals surface area contributed by atoms with Crippen molar-refractivity contribution in [3.63, 3.8) is 0 Å². The Kier molecular flexibility index (Phi) is 5.40. The number of anilines is 1. The lowest BCUT2D eigenvalue weighted by Gasteiger charge is -2.29. The minimum atomic E-state index is -0.279. The summed E-state index contributed by atoms with van der Waals surface area (Å²) in [5.41, 5.74) is 0.898. The number of hydrogen-bond donors (Lipinski definition) is 1. The summed E-state index contributed by atoms with van der Waals surface area (Å²) in [4.78, 5) is 12.0. The first-order valence-electron chi connectivity index (χ1n) is 6.38. The van der Waals surface area contributed by atoms with Gasteiger partial charge in [-0.15, -0.1) is 0 Å². The minimum absolute atomic E-state index is 0.192. The van der Waals surface area contributed by atoms with Gasteiger partial charge in [0.05, 0.1) is 7.11 Å². The van der Waals surface area contributed by atoms with E-state index in [2.05, 4.69) is 5.32 Å². The third-order valence-electron chi connectivity index (χ3n) is 3.29. The molecule has 1 aromatic rings. The predicted molar refractivity (Wildman–Crippen MR) is 80.9 cm³/mol. The van der Waals surface area contributed by atoms with Crippen molar-refractivity contribution in [2.45, 2.75) is 18.9 Å². The largest absolute Gasteiger partial charge is 0.467 e. The van der Waals surface area contributed by atoms with Crippen molar-refractivity contribution in [3.05, 3.63) is 29.3 Å². The number of nitrogens with one attached hydrogen (secondary N) is 1. The van der Waals surface area contributed by atoms with Crippen LogP contribution in [0.15, 0.2) is 24.3 Å². The second kappa shape index (κ2) is 7.06. The highest BCUT2D eigenvalue weighted by atomic mass is 35.5. The summed E-state index contributed by atoms with van der Waals surface area (Å²) in [6, 6.07) is 7.11. The van der Waals surface area contributed by atoms with Crippen molar-refractivity contribution >= 4 is 35.0 Å². The molecular weight excluding hydrogens is 282 g/mol. The van der Waals surface area contributed by atoms with E-state index in [1.807, 2.05) is 36.0 Å². The van der Waals surface area contributed by atoms with Gasteiger partial charge >= 0.3 is 5.97 Å². The smallest absolute Gasteiger partial charge is 0.328 e. The SMILES string of the molecule is COC(=O)C(Nc1ccc(Cl)cc1)C1CCCSC1. The molecule has 2 atom stereocenters. The lowest BCUT2D eigenvalue weighted by atomic mass is 9.96. The maximum absolute atomic E-state index is 12.0. The lowest BCUT2D eigenvalue weighted by molar-refractivity contribution is -0.142. The molecule has 2 rings (SSSR count). The molecule has 1 fully saturated rings. The summed E-state index contributed by atoms with van der Waals surface area (Å²) in [5, 5.41) is 3.97. The molecule has 0 saturated carbocycles. The predicted octanol–water partition coefficient (Wildman–Crippen LogP) is 3.44. The van der Waals surface area contributed by atoms with Crippen LogP contribution >= 0.6 is 23.4 Å². The number of carbonyl (C=O) groups excluding carboxylic acids is 1. The van der Waals surface area contributed by atoms with E-state index in [9.17, 15) is 4.79 Å². The number of esters is 1. The molecule has 0 amide bonds. The summed E-state index contributed by atoms with van der Waals surface area (Å²) < 4.78 is 4.92.